The van der Waals surface area contributed by atoms with Crippen LogP contribution in [0.25, 0.3) is 0 Å². The number of nitrogens with one attached hydrogen (secondary N) is 2. The van der Waals surface area contributed by atoms with E-state index in [0.717, 1.165) is 37.1 Å². The predicted molar refractivity (Wildman–Crippen MR) is 171 cm³/mol. The third kappa shape index (κ3) is 11.1. The van der Waals surface area contributed by atoms with Crippen LogP contribution in [0.5, 0.6) is 0 Å². The summed E-state index contributed by atoms with van der Waals surface area (Å²) in [5.41, 5.74) is 0.433. The molecule has 236 valence electrons. The molecule has 2 aromatic rings. The van der Waals surface area contributed by atoms with Crippen LogP contribution in [0, 0.1) is 5.92 Å². The number of carbonyl (C=O) groups is 3. The Balaban J connectivity index is 0.00000441. The first-order valence-corrected chi connectivity index (χ1v) is 15.0. The Hall–Kier alpha value is -2.18. The van der Waals surface area contributed by atoms with Gasteiger partial charge in [-0.25, -0.2) is 0 Å². The van der Waals surface area contributed by atoms with Crippen LogP contribution in [0.2, 0.25) is 0 Å². The average Bonchev–Trinajstić information content (AvgIpc) is 3.36. The molecule has 1 atom stereocenters. The molecule has 1 heterocycles. The Bertz CT molecular complexity index is 1150. The Morgan fingerprint density at radius 2 is 1.71 bits per heavy atom. The predicted octanol–water partition coefficient (Wildman–Crippen LogP) is 4.48. The maximum atomic E-state index is 13.9. The van der Waals surface area contributed by atoms with Crippen molar-refractivity contribution in [1.82, 2.24) is 30.6 Å². The Labute approximate surface area is 266 Å². The second-order valence-electron chi connectivity index (χ2n) is 11.6. The highest BCUT2D eigenvalue weighted by Gasteiger charge is 2.43. The molecule has 2 N–H and O–H groups in total. The largest absolute Gasteiger partial charge is 0.408 e. The molecule has 3 rings (SSSR count). The van der Waals surface area contributed by atoms with Gasteiger partial charge < -0.3 is 24.9 Å². The van der Waals surface area contributed by atoms with Gasteiger partial charge >= 0.3 is 0 Å². The zero-order valence-electron chi connectivity index (χ0n) is 25.5. The highest BCUT2D eigenvalue weighted by atomic mass is 35.5. The van der Waals surface area contributed by atoms with E-state index in [1.54, 1.807) is 6.07 Å². The van der Waals surface area contributed by atoms with Gasteiger partial charge in [0.15, 0.2) is 0 Å². The quantitative estimate of drug-likeness (QED) is 0.227. The van der Waals surface area contributed by atoms with Crippen molar-refractivity contribution < 1.29 is 18.8 Å². The Morgan fingerprint density at radius 1 is 1.02 bits per heavy atom. The van der Waals surface area contributed by atoms with Crippen LogP contribution >= 0.6 is 36.6 Å². The maximum Gasteiger partial charge on any atom is 0.286 e. The lowest BCUT2D eigenvalue weighted by molar-refractivity contribution is -0.129. The first kappa shape index (κ1) is 37.8. The van der Waals surface area contributed by atoms with Gasteiger partial charge in [-0.05, 0) is 71.1 Å². The van der Waals surface area contributed by atoms with E-state index in [1.807, 2.05) is 70.0 Å². The van der Waals surface area contributed by atoms with Gasteiger partial charge in [0.25, 0.3) is 17.0 Å². The molecule has 13 heteroatoms. The number of thioether (sulfide) groups is 1. The second kappa shape index (κ2) is 17.8. The minimum absolute atomic E-state index is 0. The van der Waals surface area contributed by atoms with Crippen LogP contribution in [0.4, 0.5) is 0 Å². The fraction of sp³-hybridized carbons (Fsp3) is 0.621. The van der Waals surface area contributed by atoms with Crippen molar-refractivity contribution in [2.24, 2.45) is 5.92 Å². The van der Waals surface area contributed by atoms with Gasteiger partial charge in [-0.2, -0.15) is 0 Å². The molecule has 2 amide bonds. The summed E-state index contributed by atoms with van der Waals surface area (Å²) >= 11 is 1.39. The van der Waals surface area contributed by atoms with E-state index in [9.17, 15) is 14.4 Å². The van der Waals surface area contributed by atoms with Gasteiger partial charge in [-0.3, -0.25) is 14.4 Å². The topological polar surface area (TPSA) is 121 Å². The fourth-order valence-electron chi connectivity index (χ4n) is 4.86. The van der Waals surface area contributed by atoms with Crippen molar-refractivity contribution in [3.8, 4) is 0 Å². The summed E-state index contributed by atoms with van der Waals surface area (Å²) < 4.78 is 5.65. The third-order valence-corrected chi connectivity index (χ3v) is 7.69. The van der Waals surface area contributed by atoms with E-state index in [2.05, 4.69) is 20.8 Å². The summed E-state index contributed by atoms with van der Waals surface area (Å²) in [6.07, 6.45) is 4.05. The van der Waals surface area contributed by atoms with E-state index in [4.69, 9.17) is 4.42 Å². The van der Waals surface area contributed by atoms with Gasteiger partial charge in [0.2, 0.25) is 11.7 Å². The molecule has 42 heavy (non-hydrogen) atoms. The number of hydrogen-bond acceptors (Lipinski definition) is 9. The second-order valence-corrected chi connectivity index (χ2v) is 12.6. The van der Waals surface area contributed by atoms with Crippen molar-refractivity contribution in [1.29, 1.82) is 0 Å². The maximum absolute atomic E-state index is 13.9. The molecule has 0 radical (unpaired) electrons. The van der Waals surface area contributed by atoms with E-state index >= 15 is 0 Å². The van der Waals surface area contributed by atoms with Crippen LogP contribution in [0.1, 0.15) is 79.0 Å². The van der Waals surface area contributed by atoms with Crippen LogP contribution in [-0.4, -0.2) is 89.7 Å². The number of nitrogens with zero attached hydrogens (tertiary/aromatic N) is 4. The molecule has 0 spiro atoms. The molecule has 0 saturated heterocycles. The first-order chi connectivity index (χ1) is 19.0. The molecular weight excluding hydrogens is 599 g/mol. The number of aromatic nitrogens is 2. The van der Waals surface area contributed by atoms with Gasteiger partial charge in [-0.15, -0.1) is 35.0 Å². The zero-order valence-corrected chi connectivity index (χ0v) is 27.9. The molecule has 1 aromatic heterocycles. The minimum atomic E-state index is -1.09. The highest BCUT2D eigenvalue weighted by molar-refractivity contribution is 7.99. The SMILES string of the molecule is CC(C)CC(NC(=O)C1(NC(=O)c2cccc(CN(C)C)c2)CCCCC1)C(=O)c1nnc(SCCN(C)C)o1.Cl.Cl. The Morgan fingerprint density at radius 3 is 2.33 bits per heavy atom. The van der Waals surface area contributed by atoms with Crippen molar-refractivity contribution in [2.75, 3.05) is 40.5 Å². The van der Waals surface area contributed by atoms with Crippen LogP contribution < -0.4 is 10.6 Å². The van der Waals surface area contributed by atoms with Crippen LogP contribution in [0.3, 0.4) is 0 Å². The summed E-state index contributed by atoms with van der Waals surface area (Å²) in [5.74, 6) is -0.289. The average molecular weight is 646 g/mol. The lowest BCUT2D eigenvalue weighted by Crippen LogP contribution is -2.62. The van der Waals surface area contributed by atoms with E-state index in [-0.39, 0.29) is 48.4 Å². The van der Waals surface area contributed by atoms with E-state index in [0.29, 0.717) is 36.6 Å². The summed E-state index contributed by atoms with van der Waals surface area (Å²) in [5, 5.41) is 14.3. The standard InChI is InChI=1S/C29H44N6O4S.2ClH/c1-20(2)17-23(24(36)26-32-33-28(39-26)40-16-15-34(3)4)30-27(38)29(13-8-7-9-14-29)31-25(37)22-12-10-11-21(18-22)19-35(5)6;;/h10-12,18,20,23H,7-9,13-17,19H2,1-6H3,(H,30,38)(H,31,37);2*1H. The van der Waals surface area contributed by atoms with Crippen molar-refractivity contribution >= 4 is 54.2 Å². The number of Topliss-reactive ketones (excluding diaryl/α,β-unsaturated/α-hetero) is 1. The van der Waals surface area contributed by atoms with E-state index in [1.165, 1.54) is 11.8 Å². The fourth-order valence-corrected chi connectivity index (χ4v) is 5.73. The lowest BCUT2D eigenvalue weighted by atomic mass is 9.80. The molecular formula is C29H46Cl2N6O4S. The summed E-state index contributed by atoms with van der Waals surface area (Å²) in [7, 11) is 7.91. The monoisotopic (exact) mass is 644 g/mol. The van der Waals surface area contributed by atoms with Crippen molar-refractivity contribution in [3.05, 3.63) is 41.3 Å². The van der Waals surface area contributed by atoms with Gasteiger partial charge in [0.05, 0.1) is 6.04 Å². The number of ketones is 1. The number of hydrogen-bond donors (Lipinski definition) is 2. The summed E-state index contributed by atoms with van der Waals surface area (Å²) in [6, 6.07) is 6.62. The normalized spacial score (nSPS) is 15.1. The smallest absolute Gasteiger partial charge is 0.286 e. The van der Waals surface area contributed by atoms with Gasteiger partial charge in [0, 0.05) is 24.4 Å². The number of rotatable bonds is 14. The summed E-state index contributed by atoms with van der Waals surface area (Å²) in [6.45, 7) is 5.51. The third-order valence-electron chi connectivity index (χ3n) is 6.89. The summed E-state index contributed by atoms with van der Waals surface area (Å²) in [4.78, 5) is 44.8. The van der Waals surface area contributed by atoms with Gasteiger partial charge in [-0.1, -0.05) is 57.0 Å². The number of benzene rings is 1. The first-order valence-electron chi connectivity index (χ1n) is 14.0. The molecule has 0 bridgehead atoms. The lowest BCUT2D eigenvalue weighted by Gasteiger charge is -2.37. The molecule has 1 aliphatic carbocycles. The van der Waals surface area contributed by atoms with E-state index < -0.39 is 17.4 Å². The molecule has 1 saturated carbocycles. The molecule has 1 aliphatic rings. The van der Waals surface area contributed by atoms with Crippen LogP contribution in [-0.2, 0) is 11.3 Å². The van der Waals surface area contributed by atoms with Gasteiger partial charge in [0.1, 0.15) is 5.54 Å². The molecule has 0 aliphatic heterocycles. The molecule has 10 nitrogen and oxygen atoms in total. The minimum Gasteiger partial charge on any atom is -0.408 e. The zero-order chi connectivity index (χ0) is 29.3. The molecule has 1 fully saturated rings. The number of carbonyl (C=O) groups excluding carboxylic acids is 3. The number of halogens is 2. The van der Waals surface area contributed by atoms with Crippen molar-refractivity contribution in [2.45, 2.75) is 75.7 Å². The van der Waals surface area contributed by atoms with Crippen LogP contribution in [0.15, 0.2) is 33.9 Å². The molecule has 1 aromatic carbocycles. The molecule has 1 unspecified atom stereocenters. The van der Waals surface area contributed by atoms with Crippen molar-refractivity contribution in [3.63, 3.8) is 0 Å². The Kier molecular flexibility index (Phi) is 16.1. The number of amides is 2. The highest BCUT2D eigenvalue weighted by Crippen LogP contribution is 2.30.